The molecule has 4 aromatic carbocycles. The summed E-state index contributed by atoms with van der Waals surface area (Å²) in [5, 5.41) is 20.0. The average Bonchev–Trinajstić information content (AvgIpc) is 1.53. The van der Waals surface area contributed by atoms with Crippen LogP contribution in [-0.4, -0.2) is 222 Å². The standard InChI is InChI=1S/C61H79N3O27S5/c1-42(9-15-53-60(2,19-7-37-92(68,69)70)58-47-38-43(93(71,72)73)40-51(95(77,78)79)45(47)12-14-50(58)63(53)22-24-86-30-32-90-36-34-88-28-26-84-5)10-16-54-61(3,20-23-85-29-31-89-35-33-87-27-25-83-4)59-48-39-44(94(74,75)76)41-52(96(80,81)82)46(48)11-13-49(59)62(54)21-6-8-57(67)91-64-55(65)17-18-56(64)66/h9-18,38-41H,6-8,19-37H2,1-5H3,(H6-,65,66,68,69,70,71,72,73,74,75,76,77,78,79,80,81,82)/p+1. The number of ether oxygens (including phenoxy) is 8. The van der Waals surface area contributed by atoms with Crippen LogP contribution in [0.2, 0.25) is 0 Å². The monoisotopic (exact) mass is 1450 g/mol. The molecule has 7 N–H and O–H groups in total. The van der Waals surface area contributed by atoms with E-state index < -0.39 is 104 Å². The van der Waals surface area contributed by atoms with Gasteiger partial charge in [0.05, 0.1) is 100 Å². The van der Waals surface area contributed by atoms with Gasteiger partial charge in [-0.3, -0.25) is 22.8 Å². The van der Waals surface area contributed by atoms with Crippen molar-refractivity contribution in [2.24, 2.45) is 0 Å². The largest absolute Gasteiger partial charge is 0.492 e. The van der Waals surface area contributed by atoms with E-state index in [0.717, 1.165) is 24.3 Å². The Balaban J connectivity index is 1.38. The van der Waals surface area contributed by atoms with E-state index in [-0.39, 0.29) is 132 Å². The van der Waals surface area contributed by atoms with Crippen LogP contribution in [0, 0.1) is 0 Å². The van der Waals surface area contributed by atoms with Crippen molar-refractivity contribution in [1.82, 2.24) is 4.73 Å². The van der Waals surface area contributed by atoms with E-state index in [1.54, 1.807) is 68.8 Å². The Morgan fingerprint density at radius 2 is 1.03 bits per heavy atom. The van der Waals surface area contributed by atoms with Crippen molar-refractivity contribution in [3.63, 3.8) is 0 Å². The fourth-order valence-electron chi connectivity index (χ4n) is 11.6. The van der Waals surface area contributed by atoms with Crippen LogP contribution in [-0.2, 0) is 104 Å². The molecule has 0 fully saturated rings. The third-order valence-electron chi connectivity index (χ3n) is 16.0. The van der Waals surface area contributed by atoms with E-state index in [1.807, 2.05) is 0 Å². The molecule has 530 valence electrons. The summed E-state index contributed by atoms with van der Waals surface area (Å²) < 4.78 is 227. The van der Waals surface area contributed by atoms with Gasteiger partial charge in [-0.05, 0) is 105 Å². The van der Waals surface area contributed by atoms with E-state index in [9.17, 15) is 79.9 Å². The molecule has 0 spiro atoms. The second-order valence-corrected chi connectivity index (χ2v) is 29.9. The minimum Gasteiger partial charge on any atom is -0.492 e. The van der Waals surface area contributed by atoms with Crippen molar-refractivity contribution < 1.29 is 127 Å². The summed E-state index contributed by atoms with van der Waals surface area (Å²) in [7, 11) is -22.2. The number of hydrogen-bond acceptors (Lipinski definition) is 23. The van der Waals surface area contributed by atoms with Gasteiger partial charge in [0, 0.05) is 91.2 Å². The Labute approximate surface area is 556 Å². The number of carbonyl (C=O) groups excluding carboxylic acids is 1. The fraction of sp³-hybridized carbons (Fsp3) is 0.475. The molecule has 2 atom stereocenters. The predicted octanol–water partition coefficient (Wildman–Crippen LogP) is 5.60. The molecule has 1 aromatic heterocycles. The lowest BCUT2D eigenvalue weighted by atomic mass is 9.74. The van der Waals surface area contributed by atoms with Gasteiger partial charge >= 0.3 is 5.97 Å². The highest BCUT2D eigenvalue weighted by molar-refractivity contribution is 7.87. The molecule has 2 aliphatic heterocycles. The average molecular weight is 1450 g/mol. The summed E-state index contributed by atoms with van der Waals surface area (Å²) in [5.41, 5.74) is -0.171. The van der Waals surface area contributed by atoms with Gasteiger partial charge in [-0.1, -0.05) is 23.8 Å². The molecule has 0 bridgehead atoms. The second-order valence-electron chi connectivity index (χ2n) is 22.7. The number of anilines is 1. The zero-order valence-corrected chi connectivity index (χ0v) is 57.4. The first-order valence-electron chi connectivity index (χ1n) is 30.0. The Morgan fingerprint density at radius 1 is 0.552 bits per heavy atom. The Kier molecular flexibility index (Phi) is 26.5. The lowest BCUT2D eigenvalue weighted by Gasteiger charge is -2.31. The Bertz CT molecular complexity index is 4340. The number of carbonyl (C=O) groups is 1. The van der Waals surface area contributed by atoms with Gasteiger partial charge < -0.3 is 57.8 Å². The molecular formula is C61H80N3O27S5+. The summed E-state index contributed by atoms with van der Waals surface area (Å²) in [6, 6.07) is 11.3. The quantitative estimate of drug-likeness (QED) is 0.0109. The molecule has 0 radical (unpaired) electrons. The summed E-state index contributed by atoms with van der Waals surface area (Å²) in [4.78, 5) is 16.9. The molecule has 2 unspecified atom stereocenters. The minimum atomic E-state index is -5.20. The number of aromatic nitrogens is 1. The minimum absolute atomic E-state index is 0.00248. The fourth-order valence-corrected chi connectivity index (χ4v) is 14.8. The first-order valence-corrected chi connectivity index (χ1v) is 37.3. The zero-order chi connectivity index (χ0) is 70.4. The molecule has 0 aliphatic carbocycles. The SMILES string of the molecule is COCCOCCOCCOCC[N+]1=C(C=CC(C)=CC=C2N(CCCC(=O)On3c(O)ccc3O)c3ccc4c(S(=O)(=O)O)cc(S(=O)(=O)O)cc4c3C2(C)CCOCCOCCOCCOC)C(C)(CCCS(=O)(=O)O)c2c1ccc1c(S(=O)(=O)O)cc(S(=O)(=O)O)cc21. The van der Waals surface area contributed by atoms with Crippen LogP contribution in [0.3, 0.4) is 0 Å². The van der Waals surface area contributed by atoms with Crippen molar-refractivity contribution in [2.75, 3.05) is 130 Å². The van der Waals surface area contributed by atoms with Crippen LogP contribution in [0.15, 0.2) is 116 Å². The zero-order valence-electron chi connectivity index (χ0n) is 53.3. The molecule has 96 heavy (non-hydrogen) atoms. The first kappa shape index (κ1) is 77.0. The van der Waals surface area contributed by atoms with Crippen LogP contribution < -0.4 is 9.74 Å². The molecule has 35 heteroatoms. The lowest BCUT2D eigenvalue weighted by Crippen LogP contribution is -2.33. The van der Waals surface area contributed by atoms with Gasteiger partial charge in [0.25, 0.3) is 50.6 Å². The highest BCUT2D eigenvalue weighted by Gasteiger charge is 2.50. The molecule has 30 nitrogen and oxygen atoms in total. The maximum absolute atomic E-state index is 13.3. The highest BCUT2D eigenvalue weighted by atomic mass is 32.2. The molecule has 2 aliphatic rings. The van der Waals surface area contributed by atoms with Crippen LogP contribution in [0.4, 0.5) is 11.4 Å². The van der Waals surface area contributed by atoms with E-state index in [0.29, 0.717) is 83.8 Å². The van der Waals surface area contributed by atoms with Gasteiger partial charge in [-0.2, -0.15) is 46.7 Å². The summed E-state index contributed by atoms with van der Waals surface area (Å²) in [5.74, 6) is -2.77. The van der Waals surface area contributed by atoms with Crippen molar-refractivity contribution in [3.8, 4) is 11.8 Å². The third kappa shape index (κ3) is 19.5. The Hall–Kier alpha value is -6.33. The number of rotatable bonds is 40. The van der Waals surface area contributed by atoms with Crippen molar-refractivity contribution in [2.45, 2.75) is 83.3 Å². The molecule has 0 amide bonds. The summed E-state index contributed by atoms with van der Waals surface area (Å²) >= 11 is 0. The molecule has 5 aromatic rings. The van der Waals surface area contributed by atoms with E-state index in [1.165, 1.54) is 24.3 Å². The number of nitrogens with zero attached hydrogens (tertiary/aromatic N) is 3. The maximum Gasteiger partial charge on any atom is 0.333 e. The summed E-state index contributed by atoms with van der Waals surface area (Å²) in [6.07, 6.45) is 6.16. The van der Waals surface area contributed by atoms with Crippen LogP contribution in [0.5, 0.6) is 11.8 Å². The number of benzene rings is 4. The smallest absolute Gasteiger partial charge is 0.333 e. The van der Waals surface area contributed by atoms with Crippen molar-refractivity contribution in [3.05, 3.63) is 107 Å². The van der Waals surface area contributed by atoms with Gasteiger partial charge in [-0.15, -0.1) is 4.73 Å². The van der Waals surface area contributed by atoms with Crippen LogP contribution in [0.25, 0.3) is 21.5 Å². The predicted molar refractivity (Wildman–Crippen MR) is 347 cm³/mol. The van der Waals surface area contributed by atoms with Crippen molar-refractivity contribution >= 4 is 95.2 Å². The van der Waals surface area contributed by atoms with Gasteiger partial charge in [-0.25, -0.2) is 4.79 Å². The number of fused-ring (bicyclic) bond motifs is 6. The number of hydrogen-bond donors (Lipinski definition) is 7. The van der Waals surface area contributed by atoms with Gasteiger partial charge in [0.15, 0.2) is 12.3 Å². The molecule has 0 saturated heterocycles. The van der Waals surface area contributed by atoms with Gasteiger partial charge in [0.1, 0.15) is 16.4 Å². The van der Waals surface area contributed by atoms with E-state index >= 15 is 0 Å². The molecule has 0 saturated carbocycles. The lowest BCUT2D eigenvalue weighted by molar-refractivity contribution is -0.442. The van der Waals surface area contributed by atoms with Crippen LogP contribution >= 0.6 is 0 Å². The normalized spacial score (nSPS) is 17.7. The van der Waals surface area contributed by atoms with E-state index in [2.05, 4.69) is 0 Å². The molecule has 7 rings (SSSR count). The number of aromatic hydroxyl groups is 2. The van der Waals surface area contributed by atoms with Crippen molar-refractivity contribution in [1.29, 1.82) is 0 Å². The van der Waals surface area contributed by atoms with Crippen LogP contribution in [0.1, 0.15) is 64.0 Å². The molecular weight excluding hydrogens is 1370 g/mol. The maximum atomic E-state index is 13.3. The number of methoxy groups -OCH3 is 2. The first-order chi connectivity index (χ1) is 45.2. The summed E-state index contributed by atoms with van der Waals surface area (Å²) in [6.45, 7) is 8.23. The third-order valence-corrected chi connectivity index (χ3v) is 20.3. The Morgan fingerprint density at radius 3 is 1.52 bits per heavy atom. The topological polar surface area (TPSA) is 424 Å². The second kappa shape index (κ2) is 33.0. The number of allylic oxidation sites excluding steroid dienone is 6. The van der Waals surface area contributed by atoms with E-state index in [4.69, 9.17) is 42.7 Å². The van der Waals surface area contributed by atoms with Gasteiger partial charge in [0.2, 0.25) is 17.4 Å². The highest BCUT2D eigenvalue weighted by Crippen LogP contribution is 2.54. The molecule has 3 heterocycles.